The molecule has 2 N–H and O–H groups in total. The number of hydrogen-bond donors (Lipinski definition) is 2. The molecule has 0 aliphatic heterocycles. The number of rotatable bonds is 34. The molecular formula is C42H64N4O14S. The van der Waals surface area contributed by atoms with Gasteiger partial charge in [-0.05, 0) is 30.5 Å². The molecule has 0 bridgehead atoms. The number of imide groups is 1. The van der Waals surface area contributed by atoms with E-state index in [4.69, 9.17) is 33.2 Å². The number of esters is 2. The van der Waals surface area contributed by atoms with Crippen LogP contribution in [0.4, 0.5) is 0 Å². The smallest absolute Gasteiger partial charge is 0.340 e. The van der Waals surface area contributed by atoms with Crippen molar-refractivity contribution in [3.8, 4) is 5.75 Å². The molecule has 1 unspecified atom stereocenters. The molecule has 0 aliphatic rings. The van der Waals surface area contributed by atoms with Gasteiger partial charge in [-0.1, -0.05) is 41.5 Å². The molecule has 4 amide bonds. The van der Waals surface area contributed by atoms with Crippen LogP contribution in [0.15, 0.2) is 24.4 Å². The van der Waals surface area contributed by atoms with Gasteiger partial charge in [-0.2, -0.15) is 11.8 Å². The number of fused-ring (bicyclic) bond motifs is 1. The van der Waals surface area contributed by atoms with E-state index in [1.807, 2.05) is 41.5 Å². The molecule has 1 atom stereocenters. The first-order valence-corrected chi connectivity index (χ1v) is 21.6. The van der Waals surface area contributed by atoms with Crippen LogP contribution in [0.2, 0.25) is 0 Å². The fraction of sp³-hybridized carbons (Fsp3) is 0.643. The van der Waals surface area contributed by atoms with Crippen molar-refractivity contribution < 1.29 is 66.7 Å². The van der Waals surface area contributed by atoms with Crippen LogP contribution >= 0.6 is 11.8 Å². The summed E-state index contributed by atoms with van der Waals surface area (Å²) in [5, 5.41) is 5.71. The van der Waals surface area contributed by atoms with E-state index in [0.29, 0.717) is 42.1 Å². The van der Waals surface area contributed by atoms with Crippen molar-refractivity contribution in [3.05, 3.63) is 30.0 Å². The topological polar surface area (TPSA) is 216 Å². The Morgan fingerprint density at radius 3 is 2.05 bits per heavy atom. The number of hydrogen-bond acceptors (Lipinski definition) is 15. The SMILES string of the molecule is CCCNC(=O)COCCOCCOC(=O)Cn1cc(C(=O)OCCOCCOCC(=O)NCC(C)C)c2cc(OCCN(C=O)C(=O)CC(C)SCC(=O)C(C)C)ccc21. The number of aromatic nitrogens is 1. The lowest BCUT2D eigenvalue weighted by Gasteiger charge is -2.18. The normalized spacial score (nSPS) is 11.7. The number of carbonyl (C=O) groups excluding carboxylic acids is 7. The second-order valence-corrected chi connectivity index (χ2v) is 16.0. The molecule has 1 aromatic heterocycles. The highest BCUT2D eigenvalue weighted by molar-refractivity contribution is 8.00. The van der Waals surface area contributed by atoms with Crippen LogP contribution in [0.3, 0.4) is 0 Å². The predicted molar refractivity (Wildman–Crippen MR) is 227 cm³/mol. The summed E-state index contributed by atoms with van der Waals surface area (Å²) < 4.78 is 39.7. The van der Waals surface area contributed by atoms with Gasteiger partial charge in [-0.15, -0.1) is 0 Å². The number of amides is 4. The summed E-state index contributed by atoms with van der Waals surface area (Å²) in [4.78, 5) is 87.1. The Morgan fingerprint density at radius 2 is 1.43 bits per heavy atom. The van der Waals surface area contributed by atoms with Gasteiger partial charge in [-0.3, -0.25) is 33.7 Å². The van der Waals surface area contributed by atoms with E-state index < -0.39 is 17.8 Å². The molecule has 1 heterocycles. The van der Waals surface area contributed by atoms with Crippen LogP contribution in [0.25, 0.3) is 10.9 Å². The van der Waals surface area contributed by atoms with Crippen LogP contribution in [-0.2, 0) is 63.7 Å². The highest BCUT2D eigenvalue weighted by Gasteiger charge is 2.21. The number of thioether (sulfide) groups is 1. The van der Waals surface area contributed by atoms with Gasteiger partial charge in [0.05, 0.1) is 57.5 Å². The molecule has 2 rings (SSSR count). The van der Waals surface area contributed by atoms with Crippen LogP contribution < -0.4 is 15.4 Å². The van der Waals surface area contributed by atoms with Crippen molar-refractivity contribution >= 4 is 64.5 Å². The third kappa shape index (κ3) is 22.2. The number of ketones is 1. The summed E-state index contributed by atoms with van der Waals surface area (Å²) >= 11 is 1.37. The Hall–Kier alpha value is -4.56. The Kier molecular flexibility index (Phi) is 26.3. The van der Waals surface area contributed by atoms with E-state index >= 15 is 0 Å². The second-order valence-electron chi connectivity index (χ2n) is 14.6. The third-order valence-corrected chi connectivity index (χ3v) is 9.66. The van der Waals surface area contributed by atoms with Crippen molar-refractivity contribution in [3.63, 3.8) is 0 Å². The quantitative estimate of drug-likeness (QED) is 0.0587. The van der Waals surface area contributed by atoms with Crippen molar-refractivity contribution in [1.29, 1.82) is 0 Å². The fourth-order valence-electron chi connectivity index (χ4n) is 5.09. The maximum absolute atomic E-state index is 13.3. The minimum Gasteiger partial charge on any atom is -0.492 e. The number of benzene rings is 1. The monoisotopic (exact) mass is 880 g/mol. The summed E-state index contributed by atoms with van der Waals surface area (Å²) in [6.45, 7) is 12.9. The van der Waals surface area contributed by atoms with Gasteiger partial charge in [0.15, 0.2) is 0 Å². The van der Waals surface area contributed by atoms with Crippen molar-refractivity contribution in [2.45, 2.75) is 66.2 Å². The van der Waals surface area contributed by atoms with Crippen molar-refractivity contribution in [2.24, 2.45) is 11.8 Å². The summed E-state index contributed by atoms with van der Waals surface area (Å²) in [6, 6.07) is 4.89. The number of nitrogens with zero attached hydrogens (tertiary/aromatic N) is 2. The lowest BCUT2D eigenvalue weighted by molar-refractivity contribution is -0.146. The van der Waals surface area contributed by atoms with Gasteiger partial charge in [0.2, 0.25) is 24.1 Å². The van der Waals surface area contributed by atoms with Crippen LogP contribution in [0.5, 0.6) is 5.75 Å². The molecule has 0 saturated carbocycles. The molecule has 1 aromatic carbocycles. The molecule has 61 heavy (non-hydrogen) atoms. The van der Waals surface area contributed by atoms with Crippen LogP contribution in [-0.4, -0.2) is 155 Å². The average Bonchev–Trinajstić information content (AvgIpc) is 3.58. The van der Waals surface area contributed by atoms with Crippen LogP contribution in [0, 0.1) is 11.8 Å². The number of Topliss-reactive ketones (excluding diaryl/α,β-unsaturated/α-hetero) is 1. The molecule has 0 spiro atoms. The largest absolute Gasteiger partial charge is 0.492 e. The highest BCUT2D eigenvalue weighted by Crippen LogP contribution is 2.27. The van der Waals surface area contributed by atoms with E-state index in [9.17, 15) is 33.6 Å². The summed E-state index contributed by atoms with van der Waals surface area (Å²) in [5.74, 6) is -1.15. The highest BCUT2D eigenvalue weighted by atomic mass is 32.2. The number of ether oxygens (including phenoxy) is 7. The Balaban J connectivity index is 1.99. The van der Waals surface area contributed by atoms with Gasteiger partial charge >= 0.3 is 11.9 Å². The van der Waals surface area contributed by atoms with Gasteiger partial charge < -0.3 is 48.4 Å². The molecule has 0 saturated heterocycles. The van der Waals surface area contributed by atoms with Crippen molar-refractivity contribution in [2.75, 3.05) is 98.1 Å². The van der Waals surface area contributed by atoms with Gasteiger partial charge in [0, 0.05) is 47.8 Å². The zero-order chi connectivity index (χ0) is 45.0. The average molecular weight is 881 g/mol. The zero-order valence-electron chi connectivity index (χ0n) is 36.4. The first-order chi connectivity index (χ1) is 29.2. The standard InChI is InChI=1S/C42H64N4O14S/c1-7-10-43-38(49)26-56-15-13-54-17-19-59-41(52)25-46-24-35(42(53)60-20-18-55-14-16-57-27-39(50)44-23-30(2)3)34-22-33(8-9-36(34)46)58-12-11-45(29-47)40(51)21-32(6)61-28-37(48)31(4)5/h8-9,22,24,29-32H,7,10-21,23,25-28H2,1-6H3,(H,43,49)(H,44,50). The lowest BCUT2D eigenvalue weighted by Crippen LogP contribution is -2.34. The first kappa shape index (κ1) is 52.6. The maximum atomic E-state index is 13.3. The summed E-state index contributed by atoms with van der Waals surface area (Å²) in [7, 11) is 0. The molecule has 342 valence electrons. The minimum atomic E-state index is -0.686. The molecule has 0 radical (unpaired) electrons. The van der Waals surface area contributed by atoms with Crippen molar-refractivity contribution in [1.82, 2.24) is 20.1 Å². The van der Waals surface area contributed by atoms with Gasteiger partial charge in [0.25, 0.3) is 0 Å². The Morgan fingerprint density at radius 1 is 0.803 bits per heavy atom. The number of carbonyl (C=O) groups is 7. The van der Waals surface area contributed by atoms with E-state index in [2.05, 4.69) is 10.6 Å². The molecule has 2 aromatic rings. The number of nitrogens with one attached hydrogen (secondary N) is 2. The molecule has 19 heteroatoms. The van der Waals surface area contributed by atoms with Gasteiger partial charge in [0.1, 0.15) is 51.1 Å². The minimum absolute atomic E-state index is 0.0336. The van der Waals surface area contributed by atoms with E-state index in [-0.39, 0.29) is 132 Å². The zero-order valence-corrected chi connectivity index (χ0v) is 37.2. The van der Waals surface area contributed by atoms with Gasteiger partial charge in [-0.25, -0.2) is 4.79 Å². The first-order valence-electron chi connectivity index (χ1n) is 20.6. The third-order valence-electron chi connectivity index (χ3n) is 8.48. The maximum Gasteiger partial charge on any atom is 0.340 e. The molecule has 0 fully saturated rings. The molecular weight excluding hydrogens is 817 g/mol. The van der Waals surface area contributed by atoms with E-state index in [1.54, 1.807) is 22.8 Å². The molecule has 18 nitrogen and oxygen atoms in total. The van der Waals surface area contributed by atoms with E-state index in [1.165, 1.54) is 18.0 Å². The summed E-state index contributed by atoms with van der Waals surface area (Å²) in [5.41, 5.74) is 0.647. The van der Waals surface area contributed by atoms with E-state index in [0.717, 1.165) is 11.3 Å². The van der Waals surface area contributed by atoms with Crippen LogP contribution in [0.1, 0.15) is 64.7 Å². The Labute approximate surface area is 362 Å². The Bertz CT molecular complexity index is 1680. The predicted octanol–water partition coefficient (Wildman–Crippen LogP) is 2.81. The molecule has 0 aliphatic carbocycles. The second kappa shape index (κ2) is 30.5. The summed E-state index contributed by atoms with van der Waals surface area (Å²) in [6.07, 6.45) is 2.82. The lowest BCUT2D eigenvalue weighted by atomic mass is 10.1. The fourth-order valence-corrected chi connectivity index (χ4v) is 6.14.